The lowest BCUT2D eigenvalue weighted by Crippen LogP contribution is -2.45. The second-order valence-corrected chi connectivity index (χ2v) is 4.71. The molecule has 0 aromatic rings. The minimum Gasteiger partial charge on any atom is -0.402 e. The summed E-state index contributed by atoms with van der Waals surface area (Å²) < 4.78 is 5.32. The molecule has 0 amide bonds. The van der Waals surface area contributed by atoms with Crippen molar-refractivity contribution in [1.82, 2.24) is 4.90 Å². The Kier molecular flexibility index (Phi) is 3.63. The molecule has 2 aliphatic rings. The molecule has 0 radical (unpaired) electrons. The van der Waals surface area contributed by atoms with Crippen molar-refractivity contribution >= 4 is 0 Å². The van der Waals surface area contributed by atoms with Crippen molar-refractivity contribution in [3.05, 3.63) is 23.9 Å². The van der Waals surface area contributed by atoms with Crippen LogP contribution in [0.2, 0.25) is 0 Å². The Morgan fingerprint density at radius 1 is 1.38 bits per heavy atom. The zero-order valence-corrected chi connectivity index (χ0v) is 9.69. The van der Waals surface area contributed by atoms with Gasteiger partial charge < -0.3 is 16.2 Å². The SMILES string of the molecule is NC1=CC=CC(N)(CCN2CCOCC2)C1. The Labute approximate surface area is 96.9 Å². The summed E-state index contributed by atoms with van der Waals surface area (Å²) in [7, 11) is 0. The normalized spacial score (nSPS) is 31.4. The van der Waals surface area contributed by atoms with E-state index in [0.29, 0.717) is 0 Å². The first-order valence-corrected chi connectivity index (χ1v) is 5.91. The van der Waals surface area contributed by atoms with Crippen LogP contribution in [0.15, 0.2) is 23.9 Å². The second kappa shape index (κ2) is 4.99. The van der Waals surface area contributed by atoms with Gasteiger partial charge in [-0.05, 0) is 12.5 Å². The van der Waals surface area contributed by atoms with Gasteiger partial charge in [0.15, 0.2) is 0 Å². The van der Waals surface area contributed by atoms with E-state index in [2.05, 4.69) is 11.0 Å². The largest absolute Gasteiger partial charge is 0.402 e. The highest BCUT2D eigenvalue weighted by atomic mass is 16.5. The maximum absolute atomic E-state index is 6.30. The highest BCUT2D eigenvalue weighted by molar-refractivity contribution is 5.24. The molecule has 1 fully saturated rings. The van der Waals surface area contributed by atoms with Crippen LogP contribution in [0.5, 0.6) is 0 Å². The van der Waals surface area contributed by atoms with Crippen LogP contribution in [-0.4, -0.2) is 43.3 Å². The Morgan fingerprint density at radius 3 is 2.81 bits per heavy atom. The van der Waals surface area contributed by atoms with Gasteiger partial charge in [0, 0.05) is 37.3 Å². The molecule has 1 unspecified atom stereocenters. The Hall–Kier alpha value is -0.840. The van der Waals surface area contributed by atoms with Crippen LogP contribution in [-0.2, 0) is 4.74 Å². The van der Waals surface area contributed by atoms with E-state index in [0.717, 1.165) is 51.4 Å². The van der Waals surface area contributed by atoms with Gasteiger partial charge in [-0.3, -0.25) is 4.90 Å². The molecule has 1 atom stereocenters. The smallest absolute Gasteiger partial charge is 0.0594 e. The van der Waals surface area contributed by atoms with Crippen molar-refractivity contribution in [2.24, 2.45) is 11.5 Å². The van der Waals surface area contributed by atoms with E-state index in [-0.39, 0.29) is 5.54 Å². The van der Waals surface area contributed by atoms with Gasteiger partial charge in [0.1, 0.15) is 0 Å². The molecule has 2 rings (SSSR count). The van der Waals surface area contributed by atoms with Gasteiger partial charge in [-0.15, -0.1) is 0 Å². The minimum atomic E-state index is -0.253. The number of hydrogen-bond acceptors (Lipinski definition) is 4. The van der Waals surface area contributed by atoms with E-state index >= 15 is 0 Å². The molecule has 0 saturated carbocycles. The molecule has 0 spiro atoms. The quantitative estimate of drug-likeness (QED) is 0.718. The molecule has 4 nitrogen and oxygen atoms in total. The van der Waals surface area contributed by atoms with Crippen molar-refractivity contribution in [1.29, 1.82) is 0 Å². The molecule has 1 heterocycles. The lowest BCUT2D eigenvalue weighted by molar-refractivity contribution is 0.0354. The molecule has 4 heteroatoms. The minimum absolute atomic E-state index is 0.253. The molecular weight excluding hydrogens is 202 g/mol. The van der Waals surface area contributed by atoms with Crippen molar-refractivity contribution < 1.29 is 4.74 Å². The summed E-state index contributed by atoms with van der Waals surface area (Å²) in [5, 5.41) is 0. The number of morpholine rings is 1. The topological polar surface area (TPSA) is 64.5 Å². The van der Waals surface area contributed by atoms with Crippen LogP contribution in [0.3, 0.4) is 0 Å². The van der Waals surface area contributed by atoms with Gasteiger partial charge in [-0.2, -0.15) is 0 Å². The van der Waals surface area contributed by atoms with Crippen molar-refractivity contribution in [2.75, 3.05) is 32.8 Å². The summed E-state index contributed by atoms with van der Waals surface area (Å²) in [6.07, 6.45) is 7.70. The molecule has 90 valence electrons. The Balaban J connectivity index is 1.80. The van der Waals surface area contributed by atoms with E-state index in [1.807, 2.05) is 12.2 Å². The molecular formula is C12H21N3O. The third-order valence-electron chi connectivity index (χ3n) is 3.27. The number of ether oxygens (including phenoxy) is 1. The van der Waals surface area contributed by atoms with Crippen LogP contribution in [0, 0.1) is 0 Å². The van der Waals surface area contributed by atoms with E-state index in [4.69, 9.17) is 16.2 Å². The van der Waals surface area contributed by atoms with E-state index in [1.165, 1.54) is 0 Å². The molecule has 4 N–H and O–H groups in total. The average molecular weight is 223 g/mol. The second-order valence-electron chi connectivity index (χ2n) is 4.71. The molecule has 0 bridgehead atoms. The van der Waals surface area contributed by atoms with Gasteiger partial charge in [0.25, 0.3) is 0 Å². The monoisotopic (exact) mass is 223 g/mol. The molecule has 1 aliphatic carbocycles. The Morgan fingerprint density at radius 2 is 2.12 bits per heavy atom. The molecule has 1 aliphatic heterocycles. The Bertz CT molecular complexity index is 295. The van der Waals surface area contributed by atoms with Crippen LogP contribution >= 0.6 is 0 Å². The number of hydrogen-bond donors (Lipinski definition) is 2. The highest BCUT2D eigenvalue weighted by Crippen LogP contribution is 2.21. The van der Waals surface area contributed by atoms with E-state index in [1.54, 1.807) is 0 Å². The number of allylic oxidation sites excluding steroid dienone is 2. The van der Waals surface area contributed by atoms with Crippen LogP contribution in [0.1, 0.15) is 12.8 Å². The van der Waals surface area contributed by atoms with Gasteiger partial charge in [0.05, 0.1) is 13.2 Å². The third kappa shape index (κ3) is 3.07. The van der Waals surface area contributed by atoms with Crippen molar-refractivity contribution in [3.8, 4) is 0 Å². The standard InChI is InChI=1S/C12H21N3O/c13-11-2-1-3-12(14,10-11)4-5-15-6-8-16-9-7-15/h1-3H,4-10,13-14H2. The van der Waals surface area contributed by atoms with Gasteiger partial charge in [0.2, 0.25) is 0 Å². The summed E-state index contributed by atoms with van der Waals surface area (Å²) in [4.78, 5) is 2.40. The third-order valence-corrected chi connectivity index (χ3v) is 3.27. The van der Waals surface area contributed by atoms with Crippen molar-refractivity contribution in [2.45, 2.75) is 18.4 Å². The van der Waals surface area contributed by atoms with Crippen molar-refractivity contribution in [3.63, 3.8) is 0 Å². The summed E-state index contributed by atoms with van der Waals surface area (Å²) in [5.74, 6) is 0. The first kappa shape index (κ1) is 11.6. The van der Waals surface area contributed by atoms with E-state index < -0.39 is 0 Å². The number of nitrogens with zero attached hydrogens (tertiary/aromatic N) is 1. The molecule has 0 aromatic carbocycles. The highest BCUT2D eigenvalue weighted by Gasteiger charge is 2.25. The molecule has 1 saturated heterocycles. The van der Waals surface area contributed by atoms with Gasteiger partial charge in [-0.1, -0.05) is 12.2 Å². The fraction of sp³-hybridized carbons (Fsp3) is 0.667. The van der Waals surface area contributed by atoms with Crippen LogP contribution < -0.4 is 11.5 Å². The fourth-order valence-corrected chi connectivity index (χ4v) is 2.22. The zero-order valence-electron chi connectivity index (χ0n) is 9.69. The first-order chi connectivity index (χ1) is 7.68. The summed E-state index contributed by atoms with van der Waals surface area (Å²) in [6.45, 7) is 4.75. The van der Waals surface area contributed by atoms with E-state index in [9.17, 15) is 0 Å². The fourth-order valence-electron chi connectivity index (χ4n) is 2.22. The summed E-state index contributed by atoms with van der Waals surface area (Å²) in [6, 6.07) is 0. The number of rotatable bonds is 3. The maximum atomic E-state index is 6.30. The van der Waals surface area contributed by atoms with Crippen LogP contribution in [0.4, 0.5) is 0 Å². The van der Waals surface area contributed by atoms with Gasteiger partial charge in [-0.25, -0.2) is 0 Å². The summed E-state index contributed by atoms with van der Waals surface area (Å²) in [5.41, 5.74) is 12.7. The zero-order chi connectivity index (χ0) is 11.4. The predicted molar refractivity (Wildman–Crippen MR) is 64.8 cm³/mol. The predicted octanol–water partition coefficient (Wildman–Crippen LogP) is 0.209. The lowest BCUT2D eigenvalue weighted by Gasteiger charge is -2.33. The van der Waals surface area contributed by atoms with Gasteiger partial charge >= 0.3 is 0 Å². The first-order valence-electron chi connectivity index (χ1n) is 5.91. The molecule has 0 aromatic heterocycles. The molecule has 16 heavy (non-hydrogen) atoms. The number of nitrogens with two attached hydrogens (primary N) is 2. The average Bonchev–Trinajstić information content (AvgIpc) is 2.28. The summed E-state index contributed by atoms with van der Waals surface area (Å²) >= 11 is 0. The van der Waals surface area contributed by atoms with Crippen LogP contribution in [0.25, 0.3) is 0 Å². The maximum Gasteiger partial charge on any atom is 0.0594 e. The lowest BCUT2D eigenvalue weighted by atomic mass is 9.87.